The van der Waals surface area contributed by atoms with Gasteiger partial charge in [0.25, 0.3) is 5.69 Å². The van der Waals surface area contributed by atoms with Crippen LogP contribution in [0, 0.1) is 10.1 Å². The Hall–Kier alpha value is -3.42. The molecule has 1 aliphatic rings. The molecule has 0 spiro atoms. The predicted octanol–water partition coefficient (Wildman–Crippen LogP) is 3.63. The molecule has 0 saturated carbocycles. The van der Waals surface area contributed by atoms with Gasteiger partial charge in [-0.25, -0.2) is 0 Å². The predicted molar refractivity (Wildman–Crippen MR) is 88.4 cm³/mol. The van der Waals surface area contributed by atoms with Gasteiger partial charge >= 0.3 is 0 Å². The van der Waals surface area contributed by atoms with E-state index >= 15 is 0 Å². The lowest BCUT2D eigenvalue weighted by Crippen LogP contribution is -1.95. The van der Waals surface area contributed by atoms with Crippen molar-refractivity contribution in [2.45, 2.75) is 12.5 Å². The molecule has 1 heterocycles. The van der Waals surface area contributed by atoms with Crippen molar-refractivity contribution < 1.29 is 10.0 Å². The molecule has 0 radical (unpaired) electrons. The van der Waals surface area contributed by atoms with E-state index in [1.54, 1.807) is 0 Å². The van der Waals surface area contributed by atoms with E-state index in [0.717, 1.165) is 5.56 Å². The van der Waals surface area contributed by atoms with Crippen molar-refractivity contribution in [1.82, 2.24) is 0 Å². The average molecular weight is 323 g/mol. The van der Waals surface area contributed by atoms with Gasteiger partial charge in [-0.2, -0.15) is 10.2 Å². The number of nitrogens with zero attached hydrogens (tertiary/aromatic N) is 5. The molecule has 0 bridgehead atoms. The Morgan fingerprint density at radius 1 is 1.25 bits per heavy atom. The highest BCUT2D eigenvalue weighted by Gasteiger charge is 2.19. The molecule has 2 aromatic carbocycles. The Balaban J connectivity index is 1.71. The van der Waals surface area contributed by atoms with Crippen LogP contribution in [0.25, 0.3) is 0 Å². The third-order valence-electron chi connectivity index (χ3n) is 3.46. The van der Waals surface area contributed by atoms with Crippen LogP contribution in [0.15, 0.2) is 69.0 Å². The van der Waals surface area contributed by atoms with Gasteiger partial charge in [0.2, 0.25) is 0 Å². The molecule has 3 rings (SSSR count). The third-order valence-corrected chi connectivity index (χ3v) is 3.46. The first kappa shape index (κ1) is 15.5. The second-order valence-electron chi connectivity index (χ2n) is 5.11. The number of hydrogen-bond donors (Lipinski definition) is 1. The smallest absolute Gasteiger partial charge is 0.270 e. The van der Waals surface area contributed by atoms with Gasteiger partial charge in [0, 0.05) is 24.1 Å². The van der Waals surface area contributed by atoms with E-state index in [-0.39, 0.29) is 23.0 Å². The van der Waals surface area contributed by atoms with Crippen LogP contribution in [-0.2, 0) is 0 Å². The molecule has 120 valence electrons. The first-order chi connectivity index (χ1) is 11.6. The summed E-state index contributed by atoms with van der Waals surface area (Å²) in [6.07, 6.45) is 1.78. The van der Waals surface area contributed by atoms with Crippen molar-refractivity contribution in [3.8, 4) is 5.75 Å². The van der Waals surface area contributed by atoms with Crippen LogP contribution in [0.1, 0.15) is 23.6 Å². The van der Waals surface area contributed by atoms with Crippen LogP contribution in [0.2, 0.25) is 0 Å². The molecule has 0 fully saturated rings. The van der Waals surface area contributed by atoms with E-state index in [2.05, 4.69) is 20.4 Å². The molecular formula is C16H13N5O3. The second kappa shape index (κ2) is 6.78. The Bertz CT molecular complexity index is 846. The lowest BCUT2D eigenvalue weighted by atomic mass is 10.1. The number of nitro groups is 1. The van der Waals surface area contributed by atoms with Gasteiger partial charge in [-0.05, 0) is 11.6 Å². The van der Waals surface area contributed by atoms with Gasteiger partial charge in [0.1, 0.15) is 11.8 Å². The zero-order valence-electron chi connectivity index (χ0n) is 12.5. The monoisotopic (exact) mass is 323 g/mol. The molecule has 8 heteroatoms. The van der Waals surface area contributed by atoms with E-state index in [1.807, 2.05) is 30.3 Å². The minimum Gasteiger partial charge on any atom is -0.507 e. The molecule has 0 saturated heterocycles. The first-order valence-electron chi connectivity index (χ1n) is 7.16. The first-order valence-corrected chi connectivity index (χ1v) is 7.16. The SMILES string of the molecule is O=[N+]([O-])c1ccc(O)c(C=NN=C2CC(c3ccccc3)N=N2)c1. The summed E-state index contributed by atoms with van der Waals surface area (Å²) in [6, 6.07) is 13.3. The molecule has 0 amide bonds. The number of aromatic hydroxyl groups is 1. The van der Waals surface area contributed by atoms with Crippen molar-refractivity contribution in [1.29, 1.82) is 0 Å². The van der Waals surface area contributed by atoms with Crippen LogP contribution in [-0.4, -0.2) is 22.1 Å². The van der Waals surface area contributed by atoms with E-state index in [0.29, 0.717) is 12.3 Å². The molecular weight excluding hydrogens is 310 g/mol. The van der Waals surface area contributed by atoms with Crippen LogP contribution in [0.4, 0.5) is 5.69 Å². The Kier molecular flexibility index (Phi) is 4.37. The summed E-state index contributed by atoms with van der Waals surface area (Å²) in [4.78, 5) is 10.2. The number of hydrogen-bond acceptors (Lipinski definition) is 6. The maximum atomic E-state index is 10.7. The summed E-state index contributed by atoms with van der Waals surface area (Å²) in [5, 5.41) is 36.4. The molecule has 0 aliphatic carbocycles. The largest absolute Gasteiger partial charge is 0.507 e. The van der Waals surface area contributed by atoms with E-state index in [4.69, 9.17) is 0 Å². The van der Waals surface area contributed by atoms with Crippen molar-refractivity contribution >= 4 is 17.7 Å². The number of phenols is 1. The highest BCUT2D eigenvalue weighted by molar-refractivity contribution is 5.87. The minimum atomic E-state index is -0.543. The number of azo groups is 1. The molecule has 2 aromatic rings. The zero-order valence-corrected chi connectivity index (χ0v) is 12.5. The maximum Gasteiger partial charge on any atom is 0.270 e. The van der Waals surface area contributed by atoms with Crippen molar-refractivity contribution in [2.24, 2.45) is 20.4 Å². The second-order valence-corrected chi connectivity index (χ2v) is 5.11. The number of rotatable bonds is 4. The van der Waals surface area contributed by atoms with Crippen LogP contribution in [0.5, 0.6) is 5.75 Å². The number of amidine groups is 1. The fraction of sp³-hybridized carbons (Fsp3) is 0.125. The minimum absolute atomic E-state index is 0.0774. The molecule has 1 atom stereocenters. The summed E-state index contributed by atoms with van der Waals surface area (Å²) in [6.45, 7) is 0. The van der Waals surface area contributed by atoms with Gasteiger partial charge in [-0.1, -0.05) is 30.3 Å². The van der Waals surface area contributed by atoms with E-state index < -0.39 is 4.92 Å². The molecule has 24 heavy (non-hydrogen) atoms. The van der Waals surface area contributed by atoms with Crippen LogP contribution < -0.4 is 0 Å². The Morgan fingerprint density at radius 3 is 2.79 bits per heavy atom. The van der Waals surface area contributed by atoms with Gasteiger partial charge in [-0.15, -0.1) is 10.2 Å². The summed E-state index contributed by atoms with van der Waals surface area (Å²) in [5.41, 5.74) is 1.13. The molecule has 8 nitrogen and oxygen atoms in total. The zero-order chi connectivity index (χ0) is 16.9. The van der Waals surface area contributed by atoms with E-state index in [1.165, 1.54) is 24.4 Å². The van der Waals surface area contributed by atoms with Gasteiger partial charge in [0.05, 0.1) is 11.1 Å². The van der Waals surface area contributed by atoms with Crippen LogP contribution >= 0.6 is 0 Å². The number of non-ortho nitro benzene ring substituents is 1. The lowest BCUT2D eigenvalue weighted by molar-refractivity contribution is -0.384. The summed E-state index contributed by atoms with van der Waals surface area (Å²) < 4.78 is 0. The fourth-order valence-electron chi connectivity index (χ4n) is 2.23. The lowest BCUT2D eigenvalue weighted by Gasteiger charge is -2.02. The normalized spacial score (nSPS) is 18.5. The number of phenolic OH excluding ortho intramolecular Hbond substituents is 1. The molecule has 1 N–H and O–H groups in total. The molecule has 0 aromatic heterocycles. The average Bonchev–Trinajstić information content (AvgIpc) is 3.06. The van der Waals surface area contributed by atoms with Gasteiger partial charge < -0.3 is 5.11 Å². The molecule has 1 unspecified atom stereocenters. The van der Waals surface area contributed by atoms with Crippen LogP contribution in [0.3, 0.4) is 0 Å². The Labute approximate surface area is 137 Å². The highest BCUT2D eigenvalue weighted by atomic mass is 16.6. The molecule has 1 aliphatic heterocycles. The van der Waals surface area contributed by atoms with Crippen molar-refractivity contribution in [3.63, 3.8) is 0 Å². The van der Waals surface area contributed by atoms with Crippen molar-refractivity contribution in [3.05, 3.63) is 69.8 Å². The van der Waals surface area contributed by atoms with E-state index in [9.17, 15) is 15.2 Å². The standard InChI is InChI=1S/C16H13N5O3/c22-15-7-6-13(21(23)24)8-12(15)10-17-19-16-9-14(18-20-16)11-4-2-1-3-5-11/h1-8,10,14,22H,9H2. The fourth-order valence-corrected chi connectivity index (χ4v) is 2.23. The Morgan fingerprint density at radius 2 is 2.04 bits per heavy atom. The van der Waals surface area contributed by atoms with Gasteiger partial charge in [0.15, 0.2) is 5.84 Å². The summed E-state index contributed by atoms with van der Waals surface area (Å²) >= 11 is 0. The third kappa shape index (κ3) is 3.49. The van der Waals surface area contributed by atoms with Crippen molar-refractivity contribution in [2.75, 3.05) is 0 Å². The summed E-state index contributed by atoms with van der Waals surface area (Å²) in [7, 11) is 0. The topological polar surface area (TPSA) is 113 Å². The number of benzene rings is 2. The highest BCUT2D eigenvalue weighted by Crippen LogP contribution is 2.27. The van der Waals surface area contributed by atoms with Gasteiger partial charge in [-0.3, -0.25) is 10.1 Å². The maximum absolute atomic E-state index is 10.7. The summed E-state index contributed by atoms with van der Waals surface area (Å²) in [5.74, 6) is 0.352. The quantitative estimate of drug-likeness (QED) is 0.526. The number of nitro benzene ring substituents is 1.